The number of esters is 1. The van der Waals surface area contributed by atoms with Crippen LogP contribution in [0.1, 0.15) is 6.92 Å². The Morgan fingerprint density at radius 2 is 2.08 bits per heavy atom. The Hall–Kier alpha value is -1.51. The first-order valence-electron chi connectivity index (χ1n) is 4.04. The molecule has 1 aromatic rings. The lowest BCUT2D eigenvalue weighted by atomic mass is 10.3. The van der Waals surface area contributed by atoms with Gasteiger partial charge in [0.15, 0.2) is 0 Å². The van der Waals surface area contributed by atoms with Crippen LogP contribution in [0.15, 0.2) is 30.3 Å². The molecule has 0 fully saturated rings. The van der Waals surface area contributed by atoms with Crippen LogP contribution in [0.2, 0.25) is 0 Å². The highest BCUT2D eigenvalue weighted by atomic mass is 16.6. The highest BCUT2D eigenvalue weighted by molar-refractivity contribution is 5.77. The van der Waals surface area contributed by atoms with E-state index in [0.29, 0.717) is 12.4 Å². The van der Waals surface area contributed by atoms with Crippen molar-refractivity contribution in [3.63, 3.8) is 0 Å². The minimum absolute atomic E-state index is 0.355. The zero-order valence-corrected chi connectivity index (χ0v) is 7.40. The largest absolute Gasteiger partial charge is 0.474 e. The molecule has 0 bridgehead atoms. The lowest BCUT2D eigenvalue weighted by molar-refractivity contribution is -0.141. The molecule has 0 aliphatic heterocycles. The van der Waals surface area contributed by atoms with E-state index in [-0.39, 0.29) is 0 Å². The van der Waals surface area contributed by atoms with Gasteiger partial charge in [-0.15, -0.1) is 0 Å². The van der Waals surface area contributed by atoms with Crippen molar-refractivity contribution in [2.24, 2.45) is 0 Å². The van der Waals surface area contributed by atoms with E-state index in [9.17, 15) is 4.79 Å². The molecule has 69 valence electrons. The van der Waals surface area contributed by atoms with Crippen LogP contribution in [-0.4, -0.2) is 12.6 Å². The second-order valence-electron chi connectivity index (χ2n) is 2.30. The molecule has 0 spiro atoms. The lowest BCUT2D eigenvalue weighted by Gasteiger charge is -2.03. The minimum Gasteiger partial charge on any atom is -0.474 e. The summed E-state index contributed by atoms with van der Waals surface area (Å²) in [7, 11) is 0. The third-order valence-corrected chi connectivity index (χ3v) is 1.32. The van der Waals surface area contributed by atoms with E-state index in [0.717, 1.165) is 6.61 Å². The van der Waals surface area contributed by atoms with Crippen molar-refractivity contribution in [3.8, 4) is 5.75 Å². The number of para-hydroxylation sites is 1. The highest BCUT2D eigenvalue weighted by Crippen LogP contribution is 2.09. The topological polar surface area (TPSA) is 35.5 Å². The van der Waals surface area contributed by atoms with Crippen molar-refractivity contribution >= 4 is 5.97 Å². The van der Waals surface area contributed by atoms with Gasteiger partial charge in [-0.1, -0.05) is 18.2 Å². The van der Waals surface area contributed by atoms with E-state index in [1.165, 1.54) is 0 Å². The first-order chi connectivity index (χ1) is 6.33. The fourth-order valence-electron chi connectivity index (χ4n) is 0.791. The predicted molar refractivity (Wildman–Crippen MR) is 48.0 cm³/mol. The molecule has 0 saturated heterocycles. The van der Waals surface area contributed by atoms with Crippen molar-refractivity contribution < 1.29 is 14.3 Å². The summed E-state index contributed by atoms with van der Waals surface area (Å²) in [5, 5.41) is 0. The van der Waals surface area contributed by atoms with Gasteiger partial charge in [-0.3, -0.25) is 0 Å². The van der Waals surface area contributed by atoms with E-state index in [1.807, 2.05) is 18.2 Å². The molecule has 1 radical (unpaired) electrons. The van der Waals surface area contributed by atoms with Crippen molar-refractivity contribution in [3.05, 3.63) is 36.9 Å². The second-order valence-corrected chi connectivity index (χ2v) is 2.30. The van der Waals surface area contributed by atoms with Gasteiger partial charge in [-0.2, -0.15) is 0 Å². The normalized spacial score (nSPS) is 9.31. The number of rotatable bonds is 4. The molecule has 0 aliphatic carbocycles. The quantitative estimate of drug-likeness (QED) is 0.661. The monoisotopic (exact) mass is 179 g/mol. The molecule has 0 aliphatic rings. The number of benzene rings is 1. The molecule has 0 heterocycles. The Balaban J connectivity index is 2.31. The van der Waals surface area contributed by atoms with Gasteiger partial charge in [0.25, 0.3) is 0 Å². The molecule has 0 unspecified atom stereocenters. The van der Waals surface area contributed by atoms with E-state index >= 15 is 0 Å². The summed E-state index contributed by atoms with van der Waals surface area (Å²) in [5.74, 6) is 0.155. The van der Waals surface area contributed by atoms with Crippen LogP contribution in [0.5, 0.6) is 5.75 Å². The summed E-state index contributed by atoms with van der Waals surface area (Å²) >= 11 is 0. The molecule has 3 heteroatoms. The van der Waals surface area contributed by atoms with Gasteiger partial charge in [0, 0.05) is 0 Å². The van der Waals surface area contributed by atoms with Crippen LogP contribution in [-0.2, 0) is 9.53 Å². The Morgan fingerprint density at radius 3 is 2.69 bits per heavy atom. The number of carbonyl (C=O) groups excluding carboxylic acids is 1. The van der Waals surface area contributed by atoms with Crippen LogP contribution < -0.4 is 4.74 Å². The summed E-state index contributed by atoms with van der Waals surface area (Å²) in [6.07, 6.45) is 0. The van der Waals surface area contributed by atoms with Gasteiger partial charge in [-0.25, -0.2) is 4.79 Å². The maximum absolute atomic E-state index is 10.8. The summed E-state index contributed by atoms with van der Waals surface area (Å²) < 4.78 is 9.66. The average molecular weight is 179 g/mol. The molecule has 3 nitrogen and oxygen atoms in total. The van der Waals surface area contributed by atoms with Crippen LogP contribution >= 0.6 is 0 Å². The number of ether oxygens (including phenoxy) is 2. The van der Waals surface area contributed by atoms with Crippen molar-refractivity contribution in [1.29, 1.82) is 0 Å². The van der Waals surface area contributed by atoms with Gasteiger partial charge in [-0.05, 0) is 19.1 Å². The van der Waals surface area contributed by atoms with E-state index < -0.39 is 5.97 Å². The van der Waals surface area contributed by atoms with Crippen molar-refractivity contribution in [2.45, 2.75) is 6.92 Å². The molecule has 13 heavy (non-hydrogen) atoms. The molecule has 0 saturated carbocycles. The predicted octanol–water partition coefficient (Wildman–Crippen LogP) is 1.79. The van der Waals surface area contributed by atoms with Crippen molar-refractivity contribution in [2.75, 3.05) is 6.61 Å². The van der Waals surface area contributed by atoms with Crippen LogP contribution in [0, 0.1) is 6.61 Å². The van der Waals surface area contributed by atoms with Gasteiger partial charge >= 0.3 is 5.97 Å². The van der Waals surface area contributed by atoms with Crippen LogP contribution in [0.4, 0.5) is 0 Å². The smallest absolute Gasteiger partial charge is 0.351 e. The highest BCUT2D eigenvalue weighted by Gasteiger charge is 2.02. The summed E-state index contributed by atoms with van der Waals surface area (Å²) in [6.45, 7) is 3.15. The molecule has 0 aromatic heterocycles. The fourth-order valence-corrected chi connectivity index (χ4v) is 0.791. The maximum atomic E-state index is 10.8. The summed E-state index contributed by atoms with van der Waals surface area (Å²) in [6, 6.07) is 9.05. The fraction of sp³-hybridized carbons (Fsp3) is 0.200. The van der Waals surface area contributed by atoms with Crippen LogP contribution in [0.3, 0.4) is 0 Å². The zero-order valence-electron chi connectivity index (χ0n) is 7.40. The Morgan fingerprint density at radius 1 is 1.38 bits per heavy atom. The summed E-state index contributed by atoms with van der Waals surface area (Å²) in [4.78, 5) is 10.8. The number of carbonyl (C=O) groups is 1. The average Bonchev–Trinajstić information content (AvgIpc) is 2.17. The third kappa shape index (κ3) is 3.60. The zero-order chi connectivity index (χ0) is 9.52. The molecule has 0 atom stereocenters. The second kappa shape index (κ2) is 5.19. The maximum Gasteiger partial charge on any atom is 0.351 e. The standard InChI is InChI=1S/C10H11O3/c1-2-12-10(11)8-13-9-6-4-3-5-7-9/h3-8H,2H2,1H3. The number of hydrogen-bond donors (Lipinski definition) is 0. The van der Waals surface area contributed by atoms with Crippen LogP contribution in [0.25, 0.3) is 0 Å². The third-order valence-electron chi connectivity index (χ3n) is 1.32. The molecule has 0 N–H and O–H groups in total. The number of hydrogen-bond acceptors (Lipinski definition) is 3. The van der Waals surface area contributed by atoms with Gasteiger partial charge in [0.05, 0.1) is 6.61 Å². The first kappa shape index (κ1) is 9.58. The van der Waals surface area contributed by atoms with Gasteiger partial charge < -0.3 is 9.47 Å². The van der Waals surface area contributed by atoms with E-state index in [2.05, 4.69) is 4.74 Å². The summed E-state index contributed by atoms with van der Waals surface area (Å²) in [5.41, 5.74) is 0. The van der Waals surface area contributed by atoms with E-state index in [4.69, 9.17) is 4.74 Å². The Labute approximate surface area is 77.3 Å². The molecule has 1 aromatic carbocycles. The SMILES string of the molecule is CCOC(=O)[CH]Oc1ccccc1. The minimum atomic E-state index is -0.466. The Bertz CT molecular complexity index is 256. The van der Waals surface area contributed by atoms with Gasteiger partial charge in [0.1, 0.15) is 5.75 Å². The van der Waals surface area contributed by atoms with E-state index in [1.54, 1.807) is 19.1 Å². The Kier molecular flexibility index (Phi) is 3.82. The molecule has 1 rings (SSSR count). The first-order valence-corrected chi connectivity index (χ1v) is 4.04. The molecule has 0 amide bonds. The molecular weight excluding hydrogens is 168 g/mol. The lowest BCUT2D eigenvalue weighted by Crippen LogP contribution is -2.08. The van der Waals surface area contributed by atoms with Gasteiger partial charge in [0.2, 0.25) is 6.61 Å². The van der Waals surface area contributed by atoms with Crippen molar-refractivity contribution in [1.82, 2.24) is 0 Å². The molecular formula is C10H11O3.